The van der Waals surface area contributed by atoms with E-state index in [9.17, 15) is 4.79 Å². The number of morpholine rings is 1. The maximum Gasteiger partial charge on any atom is 0.227 e. The summed E-state index contributed by atoms with van der Waals surface area (Å²) in [6.07, 6.45) is 0.0957. The Morgan fingerprint density at radius 2 is 2.25 bits per heavy atom. The van der Waals surface area contributed by atoms with Crippen LogP contribution in [0.4, 0.5) is 5.82 Å². The van der Waals surface area contributed by atoms with E-state index >= 15 is 0 Å². The van der Waals surface area contributed by atoms with E-state index < -0.39 is 0 Å². The number of ether oxygens (including phenoxy) is 1. The molecular formula is C17H22N4O3. The molecule has 1 aliphatic rings. The van der Waals surface area contributed by atoms with Crippen molar-refractivity contribution in [2.75, 3.05) is 32.1 Å². The van der Waals surface area contributed by atoms with Gasteiger partial charge < -0.3 is 19.5 Å². The molecule has 0 aromatic carbocycles. The molecule has 1 aliphatic heterocycles. The Bertz CT molecular complexity index is 709. The van der Waals surface area contributed by atoms with Crippen LogP contribution in [-0.2, 0) is 16.0 Å². The van der Waals surface area contributed by atoms with Crippen LogP contribution in [0.2, 0.25) is 0 Å². The van der Waals surface area contributed by atoms with Gasteiger partial charge in [0.1, 0.15) is 17.7 Å². The number of amides is 1. The van der Waals surface area contributed by atoms with Crippen molar-refractivity contribution in [1.82, 2.24) is 15.0 Å². The molecule has 24 heavy (non-hydrogen) atoms. The molecule has 0 bridgehead atoms. The second-order valence-electron chi connectivity index (χ2n) is 5.88. The molecule has 0 unspecified atom stereocenters. The van der Waals surface area contributed by atoms with Crippen molar-refractivity contribution in [1.29, 1.82) is 0 Å². The lowest BCUT2D eigenvalue weighted by atomic mass is 10.1. The summed E-state index contributed by atoms with van der Waals surface area (Å²) >= 11 is 0. The number of nitrogens with one attached hydrogen (secondary N) is 1. The number of carbonyl (C=O) groups excluding carboxylic acids is 1. The Morgan fingerprint density at radius 1 is 1.42 bits per heavy atom. The van der Waals surface area contributed by atoms with Crippen LogP contribution in [-0.4, -0.2) is 47.7 Å². The molecule has 0 aliphatic carbocycles. The summed E-state index contributed by atoms with van der Waals surface area (Å²) in [7, 11) is 1.83. The molecule has 2 aromatic heterocycles. The van der Waals surface area contributed by atoms with Gasteiger partial charge in [-0.25, -0.2) is 4.98 Å². The number of rotatable bonds is 4. The van der Waals surface area contributed by atoms with Crippen LogP contribution in [0, 0.1) is 13.8 Å². The summed E-state index contributed by atoms with van der Waals surface area (Å²) < 4.78 is 10.9. The van der Waals surface area contributed by atoms with Gasteiger partial charge in [0.15, 0.2) is 0 Å². The van der Waals surface area contributed by atoms with Gasteiger partial charge in [-0.3, -0.25) is 4.79 Å². The molecule has 0 radical (unpaired) electrons. The lowest BCUT2D eigenvalue weighted by Crippen LogP contribution is -2.43. The van der Waals surface area contributed by atoms with Gasteiger partial charge in [0.05, 0.1) is 31.0 Å². The van der Waals surface area contributed by atoms with E-state index in [-0.39, 0.29) is 12.0 Å². The van der Waals surface area contributed by atoms with E-state index in [4.69, 9.17) is 9.26 Å². The van der Waals surface area contributed by atoms with Crippen molar-refractivity contribution in [2.45, 2.75) is 26.4 Å². The molecule has 1 atom stereocenters. The highest BCUT2D eigenvalue weighted by Gasteiger charge is 2.27. The average molecular weight is 330 g/mol. The maximum absolute atomic E-state index is 12.6. The molecule has 1 N–H and O–H groups in total. The zero-order valence-corrected chi connectivity index (χ0v) is 14.2. The predicted molar refractivity (Wildman–Crippen MR) is 88.7 cm³/mol. The average Bonchev–Trinajstić information content (AvgIpc) is 2.94. The number of aryl methyl sites for hydroxylation is 2. The minimum atomic E-state index is -0.208. The number of hydrogen-bond donors (Lipinski definition) is 1. The number of hydrogen-bond acceptors (Lipinski definition) is 6. The van der Waals surface area contributed by atoms with Gasteiger partial charge in [-0.2, -0.15) is 0 Å². The molecule has 0 saturated carbocycles. The van der Waals surface area contributed by atoms with E-state index in [0.29, 0.717) is 31.9 Å². The fraction of sp³-hybridized carbons (Fsp3) is 0.471. The fourth-order valence-corrected chi connectivity index (χ4v) is 2.84. The molecular weight excluding hydrogens is 308 g/mol. The quantitative estimate of drug-likeness (QED) is 0.922. The van der Waals surface area contributed by atoms with E-state index in [1.165, 1.54) is 0 Å². The first-order chi connectivity index (χ1) is 11.6. The Labute approximate surface area is 141 Å². The van der Waals surface area contributed by atoms with Crippen LogP contribution < -0.4 is 5.32 Å². The monoisotopic (exact) mass is 330 g/mol. The van der Waals surface area contributed by atoms with Crippen molar-refractivity contribution >= 4 is 11.7 Å². The molecule has 128 valence electrons. The molecule has 2 aromatic rings. The Hall–Kier alpha value is -2.41. The maximum atomic E-state index is 12.6. The minimum absolute atomic E-state index is 0.0578. The highest BCUT2D eigenvalue weighted by atomic mass is 16.5. The summed E-state index contributed by atoms with van der Waals surface area (Å²) in [4.78, 5) is 19.0. The zero-order chi connectivity index (χ0) is 17.1. The van der Waals surface area contributed by atoms with Crippen LogP contribution in [0.25, 0.3) is 0 Å². The van der Waals surface area contributed by atoms with Gasteiger partial charge >= 0.3 is 0 Å². The van der Waals surface area contributed by atoms with Crippen molar-refractivity contribution < 1.29 is 14.1 Å². The van der Waals surface area contributed by atoms with Gasteiger partial charge in [0.2, 0.25) is 5.91 Å². The number of nitrogens with zero attached hydrogens (tertiary/aromatic N) is 3. The second kappa shape index (κ2) is 7.00. The molecule has 3 heterocycles. The van der Waals surface area contributed by atoms with Crippen molar-refractivity contribution in [3.8, 4) is 0 Å². The Morgan fingerprint density at radius 3 is 2.96 bits per heavy atom. The number of carbonyl (C=O) groups is 1. The fourth-order valence-electron chi connectivity index (χ4n) is 2.84. The summed E-state index contributed by atoms with van der Waals surface area (Å²) in [5.74, 6) is 1.55. The van der Waals surface area contributed by atoms with Gasteiger partial charge in [-0.15, -0.1) is 0 Å². The van der Waals surface area contributed by atoms with E-state index in [1.807, 2.05) is 44.0 Å². The van der Waals surface area contributed by atoms with Gasteiger partial charge in [-0.1, -0.05) is 11.2 Å². The predicted octanol–water partition coefficient (Wildman–Crippen LogP) is 1.87. The molecule has 0 spiro atoms. The smallest absolute Gasteiger partial charge is 0.227 e. The number of anilines is 1. The highest BCUT2D eigenvalue weighted by Crippen LogP contribution is 2.23. The third-order valence-corrected chi connectivity index (χ3v) is 4.29. The van der Waals surface area contributed by atoms with Crippen LogP contribution in [0.15, 0.2) is 22.7 Å². The lowest BCUT2D eigenvalue weighted by molar-refractivity contribution is -0.138. The van der Waals surface area contributed by atoms with Crippen LogP contribution in [0.1, 0.15) is 28.8 Å². The zero-order valence-electron chi connectivity index (χ0n) is 14.2. The number of pyridine rings is 1. The molecule has 7 nitrogen and oxygen atoms in total. The standard InChI is InChI=1S/C17H22N4O3/c1-11-13(12(2)24-20-11)9-17(22)21-7-8-23-15(10-21)14-5-4-6-16(18-3)19-14/h4-6,15H,7-10H2,1-3H3,(H,18,19)/t15-/m1/s1. The molecule has 1 fully saturated rings. The van der Waals surface area contributed by atoms with E-state index in [0.717, 1.165) is 22.8 Å². The molecule has 1 amide bonds. The molecule has 7 heteroatoms. The van der Waals surface area contributed by atoms with Crippen molar-refractivity contribution in [3.63, 3.8) is 0 Å². The first kappa shape index (κ1) is 16.4. The third-order valence-electron chi connectivity index (χ3n) is 4.29. The van der Waals surface area contributed by atoms with Crippen LogP contribution >= 0.6 is 0 Å². The van der Waals surface area contributed by atoms with E-state index in [1.54, 1.807) is 0 Å². The van der Waals surface area contributed by atoms with Crippen molar-refractivity contribution in [2.24, 2.45) is 0 Å². The number of aromatic nitrogens is 2. The SMILES string of the molecule is CNc1cccc([C@H]2CN(C(=O)Cc3c(C)noc3C)CCO2)n1. The largest absolute Gasteiger partial charge is 0.373 e. The molecule has 3 rings (SSSR count). The Balaban J connectivity index is 1.69. The van der Waals surface area contributed by atoms with Crippen molar-refractivity contribution in [3.05, 3.63) is 40.9 Å². The third kappa shape index (κ3) is 3.41. The Kier molecular flexibility index (Phi) is 4.80. The van der Waals surface area contributed by atoms with Gasteiger partial charge in [-0.05, 0) is 26.0 Å². The van der Waals surface area contributed by atoms with Gasteiger partial charge in [0.25, 0.3) is 0 Å². The topological polar surface area (TPSA) is 80.5 Å². The van der Waals surface area contributed by atoms with Gasteiger partial charge in [0, 0.05) is 19.2 Å². The first-order valence-corrected chi connectivity index (χ1v) is 8.04. The summed E-state index contributed by atoms with van der Waals surface area (Å²) in [5.41, 5.74) is 2.48. The normalized spacial score (nSPS) is 17.8. The summed E-state index contributed by atoms with van der Waals surface area (Å²) in [5, 5.41) is 6.93. The minimum Gasteiger partial charge on any atom is -0.373 e. The first-order valence-electron chi connectivity index (χ1n) is 8.04. The van der Waals surface area contributed by atoms with E-state index in [2.05, 4.69) is 15.5 Å². The summed E-state index contributed by atoms with van der Waals surface area (Å²) in [6.45, 7) is 5.28. The molecule has 1 saturated heterocycles. The highest BCUT2D eigenvalue weighted by molar-refractivity contribution is 5.79. The van der Waals surface area contributed by atoms with Crippen LogP contribution in [0.3, 0.4) is 0 Å². The lowest BCUT2D eigenvalue weighted by Gasteiger charge is -2.32. The summed E-state index contributed by atoms with van der Waals surface area (Å²) in [6, 6.07) is 5.75. The second-order valence-corrected chi connectivity index (χ2v) is 5.88. The van der Waals surface area contributed by atoms with Crippen LogP contribution in [0.5, 0.6) is 0 Å².